The normalized spacial score (nSPS) is 11.4. The van der Waals surface area contributed by atoms with Crippen molar-refractivity contribution in [1.29, 1.82) is 5.26 Å². The number of alkyl halides is 1. The van der Waals surface area contributed by atoms with Crippen molar-refractivity contribution >= 4 is 28.3 Å². The second kappa shape index (κ2) is 11.2. The summed E-state index contributed by atoms with van der Waals surface area (Å²) in [7, 11) is 0. The van der Waals surface area contributed by atoms with Gasteiger partial charge in [0.2, 0.25) is 0 Å². The maximum atomic E-state index is 8.40. The molecule has 0 saturated carbocycles. The van der Waals surface area contributed by atoms with Crippen LogP contribution in [0.1, 0.15) is 26.2 Å². The number of nitrogens with one attached hydrogen (secondary N) is 1. The minimum absolute atomic E-state index is 0. The molecule has 0 aromatic carbocycles. The van der Waals surface area contributed by atoms with E-state index in [1.807, 2.05) is 0 Å². The van der Waals surface area contributed by atoms with Crippen LogP contribution in [0.2, 0.25) is 0 Å². The van der Waals surface area contributed by atoms with E-state index in [0.29, 0.717) is 0 Å². The monoisotopic (exact) mass is 254 g/mol. The van der Waals surface area contributed by atoms with Crippen molar-refractivity contribution in [3.63, 3.8) is 0 Å². The van der Waals surface area contributed by atoms with Gasteiger partial charge in [0.15, 0.2) is 0 Å². The Kier molecular flexibility index (Phi) is 13.8. The Morgan fingerprint density at radius 3 is 2.67 bits per heavy atom. The lowest BCUT2D eigenvalue weighted by atomic mass is 10.2. The van der Waals surface area contributed by atoms with Gasteiger partial charge in [0, 0.05) is 6.54 Å². The number of rotatable bonds is 6. The van der Waals surface area contributed by atoms with Gasteiger partial charge < -0.3 is 5.32 Å². The Labute approximate surface area is 89.3 Å². The zero-order chi connectivity index (χ0) is 8.53. The van der Waals surface area contributed by atoms with E-state index in [1.165, 1.54) is 19.3 Å². The Balaban J connectivity index is 0. The van der Waals surface area contributed by atoms with Crippen LogP contribution in [0.4, 0.5) is 0 Å². The van der Waals surface area contributed by atoms with E-state index in [9.17, 15) is 0 Å². The third kappa shape index (κ3) is 10.2. The van der Waals surface area contributed by atoms with Crippen LogP contribution in [0.3, 0.4) is 0 Å². The van der Waals surface area contributed by atoms with Crippen LogP contribution >= 0.6 is 28.3 Å². The fourth-order valence-corrected chi connectivity index (χ4v) is 1.00. The highest BCUT2D eigenvalue weighted by molar-refractivity contribution is 9.09. The molecule has 1 atom stereocenters. The van der Waals surface area contributed by atoms with Gasteiger partial charge in [-0.1, -0.05) is 35.7 Å². The summed E-state index contributed by atoms with van der Waals surface area (Å²) in [5.41, 5.74) is 0. The molecular weight excluding hydrogens is 239 g/mol. The first-order valence-electron chi connectivity index (χ1n) is 4.05. The highest BCUT2D eigenvalue weighted by Gasteiger charge is 1.98. The quantitative estimate of drug-likeness (QED) is 0.585. The van der Waals surface area contributed by atoms with Gasteiger partial charge in [-0.15, -0.1) is 12.4 Å². The molecule has 0 aliphatic heterocycles. The Hall–Kier alpha value is 0.220. The topological polar surface area (TPSA) is 35.8 Å². The largest absolute Gasteiger partial charge is 0.315 e. The molecule has 0 aromatic heterocycles. The zero-order valence-electron chi connectivity index (χ0n) is 7.35. The van der Waals surface area contributed by atoms with Gasteiger partial charge in [-0.3, -0.25) is 0 Å². The number of hydrogen-bond acceptors (Lipinski definition) is 2. The molecule has 0 aliphatic rings. The van der Waals surface area contributed by atoms with Crippen LogP contribution in [0, 0.1) is 11.3 Å². The van der Waals surface area contributed by atoms with Crippen molar-refractivity contribution in [2.45, 2.75) is 31.0 Å². The van der Waals surface area contributed by atoms with Crippen LogP contribution < -0.4 is 5.32 Å². The van der Waals surface area contributed by atoms with Crippen molar-refractivity contribution in [3.8, 4) is 6.07 Å². The summed E-state index contributed by atoms with van der Waals surface area (Å²) in [5.74, 6) is 0. The van der Waals surface area contributed by atoms with E-state index in [4.69, 9.17) is 5.26 Å². The van der Waals surface area contributed by atoms with Gasteiger partial charge in [0.05, 0.1) is 6.07 Å². The number of halogens is 2. The Bertz CT molecular complexity index is 125. The lowest BCUT2D eigenvalue weighted by Crippen LogP contribution is -2.22. The molecule has 2 nitrogen and oxygen atoms in total. The Morgan fingerprint density at radius 2 is 2.17 bits per heavy atom. The molecule has 72 valence electrons. The zero-order valence-corrected chi connectivity index (χ0v) is 9.75. The standard InChI is InChI=1S/C8H15BrN2.ClH/c1-2-3-4-5-11-7-8(9)6-10;/h8,11H,2-5,7H2,1H3;1H. The molecule has 0 bridgehead atoms. The highest BCUT2D eigenvalue weighted by atomic mass is 79.9. The molecule has 0 amide bonds. The molecule has 0 radical (unpaired) electrons. The van der Waals surface area contributed by atoms with Crippen molar-refractivity contribution in [3.05, 3.63) is 0 Å². The lowest BCUT2D eigenvalue weighted by Gasteiger charge is -2.02. The summed E-state index contributed by atoms with van der Waals surface area (Å²) in [6.07, 6.45) is 3.73. The van der Waals surface area contributed by atoms with Crippen LogP contribution in [0.15, 0.2) is 0 Å². The number of nitriles is 1. The first-order valence-corrected chi connectivity index (χ1v) is 4.97. The van der Waals surface area contributed by atoms with Gasteiger partial charge in [-0.2, -0.15) is 5.26 Å². The predicted molar refractivity (Wildman–Crippen MR) is 58.0 cm³/mol. The first-order chi connectivity index (χ1) is 5.31. The molecule has 1 N–H and O–H groups in total. The average Bonchev–Trinajstić information content (AvgIpc) is 2.04. The maximum absolute atomic E-state index is 8.40. The molecule has 4 heteroatoms. The average molecular weight is 256 g/mol. The molecular formula is C8H16BrClN2. The van der Waals surface area contributed by atoms with E-state index >= 15 is 0 Å². The maximum Gasteiger partial charge on any atom is 0.114 e. The number of hydrogen-bond donors (Lipinski definition) is 1. The van der Waals surface area contributed by atoms with E-state index in [-0.39, 0.29) is 17.2 Å². The van der Waals surface area contributed by atoms with Gasteiger partial charge in [0.1, 0.15) is 4.83 Å². The molecule has 0 rings (SSSR count). The summed E-state index contributed by atoms with van der Waals surface area (Å²) < 4.78 is 0. The number of unbranched alkanes of at least 4 members (excludes halogenated alkanes) is 2. The van der Waals surface area contributed by atoms with Crippen molar-refractivity contribution in [2.24, 2.45) is 0 Å². The van der Waals surface area contributed by atoms with Gasteiger partial charge in [-0.25, -0.2) is 0 Å². The van der Waals surface area contributed by atoms with Gasteiger partial charge >= 0.3 is 0 Å². The van der Waals surface area contributed by atoms with E-state index < -0.39 is 0 Å². The minimum Gasteiger partial charge on any atom is -0.315 e. The number of nitrogens with zero attached hydrogens (tertiary/aromatic N) is 1. The van der Waals surface area contributed by atoms with Gasteiger partial charge in [0.25, 0.3) is 0 Å². The fourth-order valence-electron chi connectivity index (χ4n) is 0.774. The van der Waals surface area contributed by atoms with Crippen LogP contribution in [0.25, 0.3) is 0 Å². The molecule has 0 heterocycles. The van der Waals surface area contributed by atoms with Gasteiger partial charge in [-0.05, 0) is 13.0 Å². The SMILES string of the molecule is CCCCCNCC(Br)C#N.Cl. The van der Waals surface area contributed by atoms with E-state index in [1.54, 1.807) is 0 Å². The van der Waals surface area contributed by atoms with Crippen molar-refractivity contribution in [1.82, 2.24) is 5.32 Å². The van der Waals surface area contributed by atoms with E-state index in [2.05, 4.69) is 34.2 Å². The summed E-state index contributed by atoms with van der Waals surface area (Å²) >= 11 is 3.22. The first kappa shape index (κ1) is 14.7. The molecule has 1 unspecified atom stereocenters. The van der Waals surface area contributed by atoms with Crippen LogP contribution in [0.5, 0.6) is 0 Å². The van der Waals surface area contributed by atoms with Crippen LogP contribution in [-0.4, -0.2) is 17.9 Å². The van der Waals surface area contributed by atoms with E-state index in [0.717, 1.165) is 13.1 Å². The van der Waals surface area contributed by atoms with Crippen molar-refractivity contribution in [2.75, 3.05) is 13.1 Å². The highest BCUT2D eigenvalue weighted by Crippen LogP contribution is 1.95. The van der Waals surface area contributed by atoms with Crippen molar-refractivity contribution < 1.29 is 0 Å². The molecule has 0 aliphatic carbocycles. The third-order valence-corrected chi connectivity index (χ3v) is 1.95. The Morgan fingerprint density at radius 1 is 1.50 bits per heavy atom. The smallest absolute Gasteiger partial charge is 0.114 e. The second-order valence-electron chi connectivity index (χ2n) is 2.51. The molecule has 0 aromatic rings. The molecule has 0 fully saturated rings. The second-order valence-corrected chi connectivity index (χ2v) is 3.61. The lowest BCUT2D eigenvalue weighted by molar-refractivity contribution is 0.626. The molecule has 0 saturated heterocycles. The summed E-state index contributed by atoms with van der Waals surface area (Å²) in [6.45, 7) is 3.96. The minimum atomic E-state index is -0.0378. The predicted octanol–water partition coefficient (Wildman–Crippen LogP) is 2.48. The van der Waals surface area contributed by atoms with Crippen LogP contribution in [-0.2, 0) is 0 Å². The molecule has 12 heavy (non-hydrogen) atoms. The summed E-state index contributed by atoms with van der Waals surface area (Å²) in [4.78, 5) is -0.0378. The summed E-state index contributed by atoms with van der Waals surface area (Å²) in [5, 5.41) is 11.6. The third-order valence-electron chi connectivity index (χ3n) is 1.42. The molecule has 0 spiro atoms. The fraction of sp³-hybridized carbons (Fsp3) is 0.875. The summed E-state index contributed by atoms with van der Waals surface area (Å²) in [6, 6.07) is 2.11.